The SMILES string of the molecule is CCCCCC(C)(O)/C=C/[C@@H]1[C@@H](C/C=C/CCC(=O)OC)[C@@H](O)C[C@H]1O. The van der Waals surface area contributed by atoms with Crippen LogP contribution in [0.1, 0.15) is 65.2 Å². The van der Waals surface area contributed by atoms with Gasteiger partial charge in [-0.2, -0.15) is 0 Å². The van der Waals surface area contributed by atoms with Gasteiger partial charge in [-0.05, 0) is 32.1 Å². The Labute approximate surface area is 157 Å². The minimum Gasteiger partial charge on any atom is -0.469 e. The van der Waals surface area contributed by atoms with E-state index in [1.165, 1.54) is 7.11 Å². The van der Waals surface area contributed by atoms with Crippen LogP contribution in [0.25, 0.3) is 0 Å². The molecule has 1 fully saturated rings. The van der Waals surface area contributed by atoms with Gasteiger partial charge in [-0.25, -0.2) is 0 Å². The summed E-state index contributed by atoms with van der Waals surface area (Å²) in [6.45, 7) is 3.92. The van der Waals surface area contributed by atoms with Crippen LogP contribution in [0, 0.1) is 11.8 Å². The summed E-state index contributed by atoms with van der Waals surface area (Å²) in [6, 6.07) is 0. The molecule has 5 nitrogen and oxygen atoms in total. The second-order valence-electron chi connectivity index (χ2n) is 7.61. The van der Waals surface area contributed by atoms with Crippen molar-refractivity contribution in [2.45, 2.75) is 83.0 Å². The number of allylic oxidation sites excluding steroid dienone is 2. The Morgan fingerprint density at radius 1 is 1.23 bits per heavy atom. The first-order chi connectivity index (χ1) is 12.3. The van der Waals surface area contributed by atoms with Crippen LogP contribution in [0.4, 0.5) is 0 Å². The third-order valence-electron chi connectivity index (χ3n) is 5.20. The van der Waals surface area contributed by atoms with E-state index in [9.17, 15) is 20.1 Å². The van der Waals surface area contributed by atoms with Gasteiger partial charge in [-0.3, -0.25) is 4.79 Å². The number of methoxy groups -OCH3 is 1. The number of hydrogen-bond acceptors (Lipinski definition) is 5. The summed E-state index contributed by atoms with van der Waals surface area (Å²) in [7, 11) is 1.37. The highest BCUT2D eigenvalue weighted by Gasteiger charge is 2.39. The first-order valence-corrected chi connectivity index (χ1v) is 9.80. The smallest absolute Gasteiger partial charge is 0.305 e. The lowest BCUT2D eigenvalue weighted by atomic mass is 9.88. The molecule has 0 radical (unpaired) electrons. The molecular weight excluding hydrogens is 332 g/mol. The molecule has 150 valence electrons. The number of carbonyl (C=O) groups is 1. The molecule has 0 aliphatic heterocycles. The van der Waals surface area contributed by atoms with Crippen LogP contribution in [0.5, 0.6) is 0 Å². The fourth-order valence-corrected chi connectivity index (χ4v) is 3.52. The highest BCUT2D eigenvalue weighted by atomic mass is 16.5. The van der Waals surface area contributed by atoms with Gasteiger partial charge in [0.15, 0.2) is 0 Å². The summed E-state index contributed by atoms with van der Waals surface area (Å²) in [5, 5.41) is 31.0. The Balaban J connectivity index is 2.59. The Bertz CT molecular complexity index is 469. The number of esters is 1. The largest absolute Gasteiger partial charge is 0.469 e. The van der Waals surface area contributed by atoms with Gasteiger partial charge in [0.2, 0.25) is 0 Å². The van der Waals surface area contributed by atoms with E-state index in [4.69, 9.17) is 0 Å². The van der Waals surface area contributed by atoms with Crippen LogP contribution in [0.3, 0.4) is 0 Å². The van der Waals surface area contributed by atoms with E-state index < -0.39 is 17.8 Å². The number of unbranched alkanes of at least 4 members (excludes halogenated alkanes) is 2. The molecule has 0 aromatic rings. The average molecular weight is 369 g/mol. The number of aliphatic hydroxyl groups is 3. The van der Waals surface area contributed by atoms with Gasteiger partial charge in [0.1, 0.15) is 0 Å². The monoisotopic (exact) mass is 368 g/mol. The molecule has 0 bridgehead atoms. The highest BCUT2D eigenvalue weighted by molar-refractivity contribution is 5.69. The fourth-order valence-electron chi connectivity index (χ4n) is 3.52. The van der Waals surface area contributed by atoms with E-state index in [2.05, 4.69) is 11.7 Å². The predicted molar refractivity (Wildman–Crippen MR) is 103 cm³/mol. The van der Waals surface area contributed by atoms with Gasteiger partial charge in [0.25, 0.3) is 0 Å². The Hall–Kier alpha value is -1.17. The maximum Gasteiger partial charge on any atom is 0.305 e. The summed E-state index contributed by atoms with van der Waals surface area (Å²) < 4.78 is 4.60. The molecule has 0 aromatic carbocycles. The van der Waals surface area contributed by atoms with E-state index in [1.54, 1.807) is 13.0 Å². The third-order valence-corrected chi connectivity index (χ3v) is 5.20. The van der Waals surface area contributed by atoms with Crippen molar-refractivity contribution in [2.75, 3.05) is 7.11 Å². The van der Waals surface area contributed by atoms with Crippen molar-refractivity contribution in [2.24, 2.45) is 11.8 Å². The van der Waals surface area contributed by atoms with E-state index in [0.717, 1.165) is 19.3 Å². The number of rotatable bonds is 11. The van der Waals surface area contributed by atoms with Crippen molar-refractivity contribution in [3.05, 3.63) is 24.3 Å². The minimum absolute atomic E-state index is 0.0814. The second-order valence-corrected chi connectivity index (χ2v) is 7.61. The van der Waals surface area contributed by atoms with E-state index >= 15 is 0 Å². The lowest BCUT2D eigenvalue weighted by Crippen LogP contribution is -2.24. The molecule has 1 unspecified atom stereocenters. The van der Waals surface area contributed by atoms with Gasteiger partial charge in [-0.1, -0.05) is 50.5 Å². The third kappa shape index (κ3) is 8.02. The molecule has 0 aromatic heterocycles. The first kappa shape index (κ1) is 22.9. The first-order valence-electron chi connectivity index (χ1n) is 9.80. The van der Waals surface area contributed by atoms with Gasteiger partial charge < -0.3 is 20.1 Å². The summed E-state index contributed by atoms with van der Waals surface area (Å²) in [5.41, 5.74) is -0.886. The predicted octanol–water partition coefficient (Wildman–Crippen LogP) is 3.13. The topological polar surface area (TPSA) is 87.0 Å². The molecule has 0 spiro atoms. The molecule has 1 aliphatic rings. The molecule has 26 heavy (non-hydrogen) atoms. The summed E-state index contributed by atoms with van der Waals surface area (Å²) in [4.78, 5) is 11.1. The average Bonchev–Trinajstić information content (AvgIpc) is 2.85. The zero-order chi connectivity index (χ0) is 19.6. The van der Waals surface area contributed by atoms with Crippen LogP contribution in [-0.2, 0) is 9.53 Å². The van der Waals surface area contributed by atoms with Crippen molar-refractivity contribution in [1.29, 1.82) is 0 Å². The number of carbonyl (C=O) groups excluding carboxylic acids is 1. The van der Waals surface area contributed by atoms with E-state index in [1.807, 2.05) is 18.2 Å². The molecule has 0 amide bonds. The minimum atomic E-state index is -0.886. The molecule has 5 heteroatoms. The molecule has 5 atom stereocenters. The lowest BCUT2D eigenvalue weighted by molar-refractivity contribution is -0.140. The van der Waals surface area contributed by atoms with Crippen LogP contribution in [0.2, 0.25) is 0 Å². The normalized spacial score (nSPS) is 28.7. The van der Waals surface area contributed by atoms with Crippen LogP contribution < -0.4 is 0 Å². The molecular formula is C21H36O5. The van der Waals surface area contributed by atoms with Crippen molar-refractivity contribution in [3.63, 3.8) is 0 Å². The molecule has 1 rings (SSSR count). The van der Waals surface area contributed by atoms with Crippen molar-refractivity contribution < 1.29 is 24.9 Å². The number of hydrogen-bond donors (Lipinski definition) is 3. The Morgan fingerprint density at radius 2 is 1.96 bits per heavy atom. The summed E-state index contributed by atoms with van der Waals surface area (Å²) >= 11 is 0. The van der Waals surface area contributed by atoms with Crippen LogP contribution >= 0.6 is 0 Å². The van der Waals surface area contributed by atoms with Crippen molar-refractivity contribution >= 4 is 5.97 Å². The standard InChI is InChI=1S/C21H36O5/c1-4-5-9-13-21(2,25)14-12-17-16(18(22)15-19(17)23)10-7-6-8-11-20(24)26-3/h6-7,12,14,16-19,22-23,25H,4-5,8-11,13,15H2,1-3H3/b7-6+,14-12+/t16-,17-,18+,19-,21?/m1/s1. The zero-order valence-corrected chi connectivity index (χ0v) is 16.4. The number of ether oxygens (including phenoxy) is 1. The van der Waals surface area contributed by atoms with Crippen molar-refractivity contribution in [1.82, 2.24) is 0 Å². The second kappa shape index (κ2) is 11.5. The fraction of sp³-hybridized carbons (Fsp3) is 0.762. The Kier molecular flexibility index (Phi) is 10.1. The van der Waals surface area contributed by atoms with Gasteiger partial charge in [-0.15, -0.1) is 0 Å². The van der Waals surface area contributed by atoms with Gasteiger partial charge >= 0.3 is 5.97 Å². The van der Waals surface area contributed by atoms with Gasteiger partial charge in [0, 0.05) is 18.8 Å². The molecule has 0 saturated heterocycles. The maximum absolute atomic E-state index is 11.1. The maximum atomic E-state index is 11.1. The van der Waals surface area contributed by atoms with E-state index in [-0.39, 0.29) is 17.8 Å². The summed E-state index contributed by atoms with van der Waals surface area (Å²) in [5.74, 6) is -0.493. The van der Waals surface area contributed by atoms with Gasteiger partial charge in [0.05, 0.1) is 24.9 Å². The quantitative estimate of drug-likeness (QED) is 0.296. The lowest BCUT2D eigenvalue weighted by Gasteiger charge is -2.23. The van der Waals surface area contributed by atoms with E-state index in [0.29, 0.717) is 32.1 Å². The Morgan fingerprint density at radius 3 is 2.62 bits per heavy atom. The molecule has 1 aliphatic carbocycles. The zero-order valence-electron chi connectivity index (χ0n) is 16.4. The number of aliphatic hydroxyl groups excluding tert-OH is 2. The highest BCUT2D eigenvalue weighted by Crippen LogP contribution is 2.37. The van der Waals surface area contributed by atoms with Crippen LogP contribution in [0.15, 0.2) is 24.3 Å². The van der Waals surface area contributed by atoms with Crippen molar-refractivity contribution in [3.8, 4) is 0 Å². The summed E-state index contributed by atoms with van der Waals surface area (Å²) in [6.07, 6.45) is 12.2. The molecule has 0 heterocycles. The molecule has 1 saturated carbocycles. The van der Waals surface area contributed by atoms with Crippen LogP contribution in [-0.4, -0.2) is 46.2 Å². The molecule has 3 N–H and O–H groups in total.